The van der Waals surface area contributed by atoms with Crippen molar-refractivity contribution in [1.82, 2.24) is 0 Å². The Morgan fingerprint density at radius 3 is 2.25 bits per heavy atom. The van der Waals surface area contributed by atoms with Crippen LogP contribution in [0.4, 0.5) is 4.39 Å². The number of hydrogen-bond acceptors (Lipinski definition) is 1. The van der Waals surface area contributed by atoms with Crippen LogP contribution in [0.3, 0.4) is 0 Å². The van der Waals surface area contributed by atoms with Crippen LogP contribution in [-0.4, -0.2) is 6.21 Å². The molecule has 0 aliphatic heterocycles. The standard InChI is InChI=1S/C10H16FN/c1-6-9(11)7-12-8(2)10(3,4)5/h6-7H,2H2,1,3-5H3/b9-6+,12-7-. The third kappa shape index (κ3) is 4.06. The number of aliphatic imine (C=N–C) groups is 1. The molecule has 0 unspecified atom stereocenters. The number of hydrogen-bond donors (Lipinski definition) is 0. The first kappa shape index (κ1) is 11.1. The normalized spacial score (nSPS) is 13.9. The Kier molecular flexibility index (Phi) is 3.87. The molecule has 0 aliphatic rings. The van der Waals surface area contributed by atoms with Crippen molar-refractivity contribution in [2.45, 2.75) is 27.7 Å². The third-order valence-electron chi connectivity index (χ3n) is 1.49. The van der Waals surface area contributed by atoms with Crippen molar-refractivity contribution < 1.29 is 4.39 Å². The van der Waals surface area contributed by atoms with Crippen molar-refractivity contribution in [2.24, 2.45) is 10.4 Å². The average molecular weight is 169 g/mol. The van der Waals surface area contributed by atoms with Crippen LogP contribution in [0.2, 0.25) is 0 Å². The molecule has 0 fully saturated rings. The molecule has 0 aromatic carbocycles. The fourth-order valence-electron chi connectivity index (χ4n) is 0.408. The molecule has 0 aromatic rings. The Bertz CT molecular complexity index is 218. The van der Waals surface area contributed by atoms with E-state index in [0.29, 0.717) is 5.70 Å². The molecule has 0 aromatic heterocycles. The predicted octanol–water partition coefficient (Wildman–Crippen LogP) is 3.49. The van der Waals surface area contributed by atoms with E-state index < -0.39 is 0 Å². The average Bonchev–Trinajstić information content (AvgIpc) is 1.97. The second kappa shape index (κ2) is 4.19. The van der Waals surface area contributed by atoms with Gasteiger partial charge in [-0.05, 0) is 6.92 Å². The first-order valence-electron chi connectivity index (χ1n) is 3.93. The maximum atomic E-state index is 12.6. The summed E-state index contributed by atoms with van der Waals surface area (Å²) in [4.78, 5) is 3.90. The Balaban J connectivity index is 4.29. The van der Waals surface area contributed by atoms with Gasteiger partial charge in [0.05, 0.1) is 6.21 Å². The Labute approximate surface area is 73.7 Å². The Morgan fingerprint density at radius 2 is 1.92 bits per heavy atom. The van der Waals surface area contributed by atoms with Gasteiger partial charge in [-0.3, -0.25) is 4.99 Å². The van der Waals surface area contributed by atoms with Crippen LogP contribution in [-0.2, 0) is 0 Å². The molecule has 12 heavy (non-hydrogen) atoms. The summed E-state index contributed by atoms with van der Waals surface area (Å²) in [5.74, 6) is -0.333. The van der Waals surface area contributed by atoms with Gasteiger partial charge >= 0.3 is 0 Å². The van der Waals surface area contributed by atoms with Crippen LogP contribution in [0.1, 0.15) is 27.7 Å². The minimum absolute atomic E-state index is 0.0927. The summed E-state index contributed by atoms with van der Waals surface area (Å²) < 4.78 is 12.6. The highest BCUT2D eigenvalue weighted by Crippen LogP contribution is 2.23. The molecule has 0 atom stereocenters. The van der Waals surface area contributed by atoms with Gasteiger partial charge in [0, 0.05) is 11.1 Å². The quantitative estimate of drug-likeness (QED) is 0.561. The van der Waals surface area contributed by atoms with E-state index in [1.54, 1.807) is 6.92 Å². The molecule has 0 heterocycles. The van der Waals surface area contributed by atoms with Crippen LogP contribution in [0.5, 0.6) is 0 Å². The molecule has 68 valence electrons. The fourth-order valence-corrected chi connectivity index (χ4v) is 0.408. The maximum absolute atomic E-state index is 12.6. The first-order valence-corrected chi connectivity index (χ1v) is 3.93. The van der Waals surface area contributed by atoms with E-state index in [9.17, 15) is 4.39 Å². The number of rotatable bonds is 2. The number of allylic oxidation sites excluding steroid dienone is 3. The molecule has 0 spiro atoms. The molecule has 0 saturated carbocycles. The van der Waals surface area contributed by atoms with Crippen molar-refractivity contribution in [2.75, 3.05) is 0 Å². The van der Waals surface area contributed by atoms with Gasteiger partial charge in [-0.1, -0.05) is 33.4 Å². The van der Waals surface area contributed by atoms with Crippen molar-refractivity contribution >= 4 is 6.21 Å². The summed E-state index contributed by atoms with van der Waals surface area (Å²) in [5.41, 5.74) is 0.587. The number of nitrogens with zero attached hydrogens (tertiary/aromatic N) is 1. The second-order valence-corrected chi connectivity index (χ2v) is 3.63. The van der Waals surface area contributed by atoms with E-state index in [0.717, 1.165) is 0 Å². The summed E-state index contributed by atoms with van der Waals surface area (Å²) in [6, 6.07) is 0. The van der Waals surface area contributed by atoms with Gasteiger partial charge in [-0.25, -0.2) is 4.39 Å². The SMILES string of the molecule is C=C(/N=C\C(F)=C/C)C(C)(C)C. The van der Waals surface area contributed by atoms with Crippen molar-refractivity contribution in [3.63, 3.8) is 0 Å². The van der Waals surface area contributed by atoms with Crippen molar-refractivity contribution in [3.05, 3.63) is 24.2 Å². The molecule has 0 aliphatic carbocycles. The molecule has 0 amide bonds. The highest BCUT2D eigenvalue weighted by Gasteiger charge is 2.13. The second-order valence-electron chi connectivity index (χ2n) is 3.63. The van der Waals surface area contributed by atoms with Gasteiger partial charge in [-0.15, -0.1) is 0 Å². The zero-order valence-corrected chi connectivity index (χ0v) is 8.19. The van der Waals surface area contributed by atoms with Gasteiger partial charge in [0.1, 0.15) is 5.83 Å². The van der Waals surface area contributed by atoms with Gasteiger partial charge in [0.15, 0.2) is 0 Å². The highest BCUT2D eigenvalue weighted by atomic mass is 19.1. The number of halogens is 1. The molecule has 1 nitrogen and oxygen atoms in total. The molecular formula is C10H16FN. The zero-order chi connectivity index (χ0) is 9.78. The summed E-state index contributed by atoms with van der Waals surface area (Å²) in [6.45, 7) is 11.3. The third-order valence-corrected chi connectivity index (χ3v) is 1.49. The summed E-state index contributed by atoms with van der Waals surface area (Å²) in [7, 11) is 0. The lowest BCUT2D eigenvalue weighted by atomic mass is 9.93. The van der Waals surface area contributed by atoms with Gasteiger partial charge < -0.3 is 0 Å². The monoisotopic (exact) mass is 169 g/mol. The van der Waals surface area contributed by atoms with E-state index in [1.165, 1.54) is 12.3 Å². The van der Waals surface area contributed by atoms with E-state index in [-0.39, 0.29) is 11.2 Å². The van der Waals surface area contributed by atoms with Crippen molar-refractivity contribution in [1.29, 1.82) is 0 Å². The molecule has 0 bridgehead atoms. The highest BCUT2D eigenvalue weighted by molar-refractivity contribution is 5.76. The Morgan fingerprint density at radius 1 is 1.42 bits per heavy atom. The summed E-state index contributed by atoms with van der Waals surface area (Å²) in [5, 5.41) is 0. The first-order chi connectivity index (χ1) is 5.38. The largest absolute Gasteiger partial charge is 0.258 e. The summed E-state index contributed by atoms with van der Waals surface area (Å²) in [6.07, 6.45) is 2.55. The van der Waals surface area contributed by atoms with E-state index in [2.05, 4.69) is 11.6 Å². The van der Waals surface area contributed by atoms with Crippen molar-refractivity contribution in [3.8, 4) is 0 Å². The Hall–Kier alpha value is -0.920. The molecule has 2 heteroatoms. The van der Waals surface area contributed by atoms with Crippen LogP contribution in [0.15, 0.2) is 29.2 Å². The molecular weight excluding hydrogens is 153 g/mol. The van der Waals surface area contributed by atoms with Crippen LogP contribution >= 0.6 is 0 Å². The van der Waals surface area contributed by atoms with Gasteiger partial charge in [0.2, 0.25) is 0 Å². The van der Waals surface area contributed by atoms with Crippen LogP contribution in [0, 0.1) is 5.41 Å². The fraction of sp³-hybridized carbons (Fsp3) is 0.500. The smallest absolute Gasteiger partial charge is 0.137 e. The predicted molar refractivity (Wildman–Crippen MR) is 52.0 cm³/mol. The molecule has 0 saturated heterocycles. The molecule has 0 radical (unpaired) electrons. The van der Waals surface area contributed by atoms with E-state index in [1.807, 2.05) is 20.8 Å². The van der Waals surface area contributed by atoms with E-state index >= 15 is 0 Å². The van der Waals surface area contributed by atoms with Crippen LogP contribution < -0.4 is 0 Å². The maximum Gasteiger partial charge on any atom is 0.137 e. The molecule has 0 N–H and O–H groups in total. The lowest BCUT2D eigenvalue weighted by molar-refractivity contribution is 0.500. The summed E-state index contributed by atoms with van der Waals surface area (Å²) >= 11 is 0. The zero-order valence-electron chi connectivity index (χ0n) is 8.19. The van der Waals surface area contributed by atoms with Crippen LogP contribution in [0.25, 0.3) is 0 Å². The topological polar surface area (TPSA) is 12.4 Å². The lowest BCUT2D eigenvalue weighted by Crippen LogP contribution is -2.06. The van der Waals surface area contributed by atoms with E-state index in [4.69, 9.17) is 0 Å². The minimum Gasteiger partial charge on any atom is -0.258 e. The molecule has 0 rings (SSSR count). The van der Waals surface area contributed by atoms with Gasteiger partial charge in [-0.2, -0.15) is 0 Å². The van der Waals surface area contributed by atoms with Gasteiger partial charge in [0.25, 0.3) is 0 Å². The minimum atomic E-state index is -0.333. The lowest BCUT2D eigenvalue weighted by Gasteiger charge is -2.16.